The molecule has 9 aromatic rings. The van der Waals surface area contributed by atoms with Crippen molar-refractivity contribution in [1.29, 1.82) is 10.5 Å². The van der Waals surface area contributed by atoms with Gasteiger partial charge in [0.25, 0.3) is 0 Å². The van der Waals surface area contributed by atoms with Crippen LogP contribution in [0.2, 0.25) is 5.15 Å². The van der Waals surface area contributed by atoms with Crippen LogP contribution in [-0.4, -0.2) is 113 Å². The maximum atomic E-state index is 13.8. The first-order valence-electron chi connectivity index (χ1n) is 29.7. The summed E-state index contributed by atoms with van der Waals surface area (Å²) in [5.74, 6) is 1.82. The van der Waals surface area contributed by atoms with Crippen LogP contribution in [-0.2, 0) is 31.9 Å². The van der Waals surface area contributed by atoms with E-state index in [1.54, 1.807) is 37.8 Å². The molecule has 25 nitrogen and oxygen atoms in total. The zero-order chi connectivity index (χ0) is 61.6. The number of urea groups is 2. The van der Waals surface area contributed by atoms with E-state index in [0.29, 0.717) is 65.9 Å². The Morgan fingerprint density at radius 2 is 1.13 bits per heavy atom. The van der Waals surface area contributed by atoms with Crippen molar-refractivity contribution in [3.8, 4) is 46.0 Å². The van der Waals surface area contributed by atoms with Crippen molar-refractivity contribution in [1.82, 2.24) is 80.3 Å². The van der Waals surface area contributed by atoms with Crippen LogP contribution in [0.3, 0.4) is 0 Å². The molecule has 0 radical (unpaired) electrons. The molecule has 1 saturated heterocycles. The third-order valence-corrected chi connectivity index (χ3v) is 16.2. The number of nitrogens with zero attached hydrogens (tertiary/aromatic N) is 18. The van der Waals surface area contributed by atoms with Crippen LogP contribution in [0.1, 0.15) is 105 Å². The summed E-state index contributed by atoms with van der Waals surface area (Å²) < 4.78 is 11.3. The molecule has 0 bridgehead atoms. The largest absolute Gasteiger partial charge is 0.356 e. The number of ether oxygens (including phenoxy) is 1. The number of nitriles is 2. The summed E-state index contributed by atoms with van der Waals surface area (Å²) in [6.45, 7) is 3.42. The fourth-order valence-corrected chi connectivity index (χ4v) is 11.5. The molecule has 2 saturated carbocycles. The fourth-order valence-electron chi connectivity index (χ4n) is 11.3. The predicted octanol–water partition coefficient (Wildman–Crippen LogP) is 9.88. The Balaban J connectivity index is 0.000000189. The molecule has 0 spiro atoms. The van der Waals surface area contributed by atoms with Crippen molar-refractivity contribution in [3.05, 3.63) is 161 Å². The lowest BCUT2D eigenvalue weighted by Crippen LogP contribution is -2.49. The maximum absolute atomic E-state index is 13.8. The van der Waals surface area contributed by atoms with Crippen molar-refractivity contribution in [2.75, 3.05) is 27.0 Å². The first-order valence-corrected chi connectivity index (χ1v) is 30.1. The molecule has 8 heterocycles. The number of halogens is 1. The average molecular weight is 1220 g/mol. The van der Waals surface area contributed by atoms with Crippen molar-refractivity contribution < 1.29 is 14.3 Å². The Hall–Kier alpha value is -10.2. The molecule has 3 aliphatic rings. The molecule has 1 atom stereocenters. The molecule has 12 rings (SSSR count). The molecule has 7 aromatic heterocycles. The number of anilines is 4. The van der Waals surface area contributed by atoms with Gasteiger partial charge in [0.1, 0.15) is 23.4 Å². The smallest absolute Gasteiger partial charge is 0.323 e. The normalized spacial score (nSPS) is 18.0. The second-order valence-corrected chi connectivity index (χ2v) is 22.6. The quantitative estimate of drug-likeness (QED) is 0.0654. The Kier molecular flexibility index (Phi) is 19.4. The van der Waals surface area contributed by atoms with Crippen molar-refractivity contribution in [2.45, 2.75) is 121 Å². The van der Waals surface area contributed by atoms with Crippen LogP contribution >= 0.6 is 11.6 Å². The van der Waals surface area contributed by atoms with E-state index in [1.807, 2.05) is 135 Å². The van der Waals surface area contributed by atoms with Gasteiger partial charge in [-0.25, -0.2) is 29.2 Å². The molecular weight excluding hydrogens is 1150 g/mol. The summed E-state index contributed by atoms with van der Waals surface area (Å²) in [7, 11) is 3.70. The van der Waals surface area contributed by atoms with Crippen LogP contribution in [0.25, 0.3) is 33.9 Å². The Bertz CT molecular complexity index is 3920. The SMILES string of the molecule is Cc1cc(-c2nc(NC3CCC(N(C(=O)NCc4ccccc4)c4ccc(-c5cnn(C)c5)nn4)CC3)ncc2C#N)n(C2CCCCO2)n1.Cn1cc(-c2ccc(N(C(=O)NCc3ccccc3)C3CCC(Nc4ncc(C#N)c(Cl)n4)CC3)nn2)cn1. The van der Waals surface area contributed by atoms with E-state index in [4.69, 9.17) is 31.7 Å². The molecule has 4 N–H and O–H groups in total. The maximum Gasteiger partial charge on any atom is 0.323 e. The third kappa shape index (κ3) is 15.1. The van der Waals surface area contributed by atoms with E-state index in [-0.39, 0.29) is 53.2 Å². The minimum atomic E-state index is -0.221. The van der Waals surface area contributed by atoms with Crippen LogP contribution in [0, 0.1) is 29.6 Å². The van der Waals surface area contributed by atoms with Gasteiger partial charge in [-0.2, -0.15) is 30.8 Å². The minimum absolute atomic E-state index is 0.0668. The highest BCUT2D eigenvalue weighted by atomic mass is 35.5. The van der Waals surface area contributed by atoms with E-state index in [2.05, 4.69) is 72.9 Å². The highest BCUT2D eigenvalue weighted by Crippen LogP contribution is 2.34. The Morgan fingerprint density at radius 3 is 1.57 bits per heavy atom. The first kappa shape index (κ1) is 60.4. The predicted molar refractivity (Wildman–Crippen MR) is 333 cm³/mol. The Labute approximate surface area is 519 Å². The molecule has 1 aliphatic heterocycles. The summed E-state index contributed by atoms with van der Waals surface area (Å²) >= 11 is 6.06. The number of nitrogens with one attached hydrogen (secondary N) is 4. The van der Waals surface area contributed by atoms with Gasteiger partial charge in [0, 0.05) is 81.5 Å². The van der Waals surface area contributed by atoms with Crippen LogP contribution in [0.15, 0.2) is 128 Å². The lowest BCUT2D eigenvalue weighted by Gasteiger charge is -2.36. The van der Waals surface area contributed by atoms with Gasteiger partial charge < -0.3 is 26.0 Å². The summed E-state index contributed by atoms with van der Waals surface area (Å²) in [5.41, 5.74) is 7.82. The first-order chi connectivity index (χ1) is 43.4. The van der Waals surface area contributed by atoms with Crippen molar-refractivity contribution >= 4 is 47.2 Å². The number of rotatable bonds is 16. The van der Waals surface area contributed by atoms with Gasteiger partial charge >= 0.3 is 12.1 Å². The molecule has 26 heteroatoms. The topological polar surface area (TPSA) is 302 Å². The number of hydrogen-bond acceptors (Lipinski definition) is 18. The lowest BCUT2D eigenvalue weighted by molar-refractivity contribution is -0.0385. The van der Waals surface area contributed by atoms with Gasteiger partial charge in [0.2, 0.25) is 11.9 Å². The highest BCUT2D eigenvalue weighted by molar-refractivity contribution is 6.30. The number of aryl methyl sites for hydroxylation is 3. The summed E-state index contributed by atoms with van der Waals surface area (Å²) in [6.07, 6.45) is 19.0. The third-order valence-electron chi connectivity index (χ3n) is 15.9. The molecule has 4 amide bonds. The zero-order valence-corrected chi connectivity index (χ0v) is 50.3. The van der Waals surface area contributed by atoms with Gasteiger partial charge in [-0.1, -0.05) is 72.3 Å². The average Bonchev–Trinajstić information content (AvgIpc) is 3.61. The number of benzene rings is 2. The van der Waals surface area contributed by atoms with E-state index < -0.39 is 0 Å². The van der Waals surface area contributed by atoms with Gasteiger partial charge in [-0.05, 0) is 119 Å². The molecule has 1 unspecified atom stereocenters. The van der Waals surface area contributed by atoms with E-state index in [0.717, 1.165) is 104 Å². The number of carbonyl (C=O) groups excluding carboxylic acids is 2. The number of hydrogen-bond donors (Lipinski definition) is 4. The number of aromatic nitrogens is 14. The summed E-state index contributed by atoms with van der Waals surface area (Å²) in [6, 6.07) is 32.8. The van der Waals surface area contributed by atoms with Gasteiger partial charge in [0.05, 0.1) is 53.1 Å². The molecule has 2 aromatic carbocycles. The van der Waals surface area contributed by atoms with E-state index >= 15 is 0 Å². The highest BCUT2D eigenvalue weighted by Gasteiger charge is 2.34. The van der Waals surface area contributed by atoms with Crippen LogP contribution in [0.4, 0.5) is 33.1 Å². The molecule has 454 valence electrons. The number of carbonyl (C=O) groups is 2. The monoisotopic (exact) mass is 1210 g/mol. The van der Waals surface area contributed by atoms with Crippen LogP contribution < -0.4 is 31.1 Å². The Morgan fingerprint density at radius 1 is 0.629 bits per heavy atom. The second kappa shape index (κ2) is 28.5. The summed E-state index contributed by atoms with van der Waals surface area (Å²) in [5, 5.41) is 62.9. The minimum Gasteiger partial charge on any atom is -0.356 e. The lowest BCUT2D eigenvalue weighted by atomic mass is 9.90. The summed E-state index contributed by atoms with van der Waals surface area (Å²) in [4.78, 5) is 48.4. The number of amides is 4. The molecule has 3 fully saturated rings. The molecule has 2 aliphatic carbocycles. The molecule has 89 heavy (non-hydrogen) atoms. The van der Waals surface area contributed by atoms with Gasteiger partial charge in [-0.15, -0.1) is 20.4 Å². The van der Waals surface area contributed by atoms with Crippen molar-refractivity contribution in [2.24, 2.45) is 14.1 Å². The second-order valence-electron chi connectivity index (χ2n) is 22.2. The fraction of sp³-hybridized carbons (Fsp3) is 0.349. The van der Waals surface area contributed by atoms with Gasteiger partial charge in [0.15, 0.2) is 23.0 Å². The molecular formula is C63H67ClN22O3. The van der Waals surface area contributed by atoms with E-state index in [9.17, 15) is 14.9 Å². The standard InChI is InChI=1S/C36H40N12O2.C27H27ClN10O/c1-24-18-31(48(45-24)33-10-6-7-17-50-33)34-26(19-37)21-38-35(42-34)41-28-11-13-29(14-12-28)47(36(49)39-20-25-8-4-3-5-9-25)32-16-15-30(43-44-32)27-22-40-46(2)23-27;1-37-17-20(16-32-37)23-11-12-24(36-35-23)38(27(39)31-14-18-5-3-2-4-6-18)22-9-7-21(8-10-22)33-26-30-15-19(13-29)25(28)34-26/h3-5,8-9,15-16,18,21-23,28-29,33H,6-7,10-14,17,20H2,1-2H3,(H,39,49)(H,38,41,42);2-6,11-12,15-17,21-22H,7-10,14H2,1H3,(H,31,39)(H,30,33,34). The van der Waals surface area contributed by atoms with Crippen LogP contribution in [0.5, 0.6) is 0 Å². The van der Waals surface area contributed by atoms with Crippen molar-refractivity contribution in [3.63, 3.8) is 0 Å². The zero-order valence-electron chi connectivity index (χ0n) is 49.6. The van der Waals surface area contributed by atoms with Gasteiger partial charge in [-0.3, -0.25) is 19.2 Å². The van der Waals surface area contributed by atoms with E-state index in [1.165, 1.54) is 6.20 Å².